The number of nitrogens with one attached hydrogen (secondary N) is 1. The monoisotopic (exact) mass is 424 g/mol. The Hall–Kier alpha value is -3.50. The number of H-pyrrole nitrogens is 1. The second kappa shape index (κ2) is 8.93. The van der Waals surface area contributed by atoms with Crippen LogP contribution in [0.15, 0.2) is 78.9 Å². The number of methoxy groups -OCH3 is 2. The van der Waals surface area contributed by atoms with Crippen molar-refractivity contribution in [3.8, 4) is 11.5 Å². The molecule has 4 heteroatoms. The first-order chi connectivity index (χ1) is 15.8. The highest BCUT2D eigenvalue weighted by Gasteiger charge is 2.33. The lowest BCUT2D eigenvalue weighted by Crippen LogP contribution is -2.36. The summed E-state index contributed by atoms with van der Waals surface area (Å²) in [5, 5.41) is 1.31. The SMILES string of the molecule is COc1ccc(OC)c(C2c3[nH]c4ccccc4c3CCN2C/C=C/c2ccccc2)c1. The highest BCUT2D eigenvalue weighted by Crippen LogP contribution is 2.42. The third-order valence-corrected chi connectivity index (χ3v) is 6.32. The summed E-state index contributed by atoms with van der Waals surface area (Å²) in [4.78, 5) is 6.24. The van der Waals surface area contributed by atoms with Crippen molar-refractivity contribution in [1.82, 2.24) is 9.88 Å². The summed E-state index contributed by atoms with van der Waals surface area (Å²) in [5.74, 6) is 1.71. The molecule has 0 bridgehead atoms. The Bertz CT molecular complexity index is 1240. The minimum Gasteiger partial charge on any atom is -0.497 e. The molecular weight excluding hydrogens is 396 g/mol. The summed E-state index contributed by atoms with van der Waals surface area (Å²) in [5.41, 5.74) is 6.17. The molecule has 32 heavy (non-hydrogen) atoms. The van der Waals surface area contributed by atoms with Gasteiger partial charge < -0.3 is 14.5 Å². The van der Waals surface area contributed by atoms with E-state index >= 15 is 0 Å². The van der Waals surface area contributed by atoms with Crippen LogP contribution in [0.25, 0.3) is 17.0 Å². The number of nitrogens with zero attached hydrogens (tertiary/aromatic N) is 1. The van der Waals surface area contributed by atoms with E-state index in [1.807, 2.05) is 18.2 Å². The van der Waals surface area contributed by atoms with E-state index in [9.17, 15) is 0 Å². The topological polar surface area (TPSA) is 37.5 Å². The van der Waals surface area contributed by atoms with Crippen LogP contribution in [0.1, 0.15) is 28.4 Å². The number of aromatic amines is 1. The van der Waals surface area contributed by atoms with Crippen LogP contribution in [0.5, 0.6) is 11.5 Å². The fourth-order valence-electron chi connectivity index (χ4n) is 4.78. The van der Waals surface area contributed by atoms with Crippen molar-refractivity contribution < 1.29 is 9.47 Å². The molecule has 0 radical (unpaired) electrons. The van der Waals surface area contributed by atoms with Crippen LogP contribution >= 0.6 is 0 Å². The second-order valence-electron chi connectivity index (χ2n) is 8.13. The first-order valence-corrected chi connectivity index (χ1v) is 11.1. The number of ether oxygens (including phenoxy) is 2. The van der Waals surface area contributed by atoms with Crippen LogP contribution in [-0.2, 0) is 6.42 Å². The number of para-hydroxylation sites is 1. The number of benzene rings is 3. The quantitative estimate of drug-likeness (QED) is 0.422. The fraction of sp³-hybridized carbons (Fsp3) is 0.214. The van der Waals surface area contributed by atoms with Crippen molar-refractivity contribution in [1.29, 1.82) is 0 Å². The van der Waals surface area contributed by atoms with Crippen molar-refractivity contribution in [2.75, 3.05) is 27.3 Å². The van der Waals surface area contributed by atoms with Gasteiger partial charge in [0.15, 0.2) is 0 Å². The summed E-state index contributed by atoms with van der Waals surface area (Å²) >= 11 is 0. The second-order valence-corrected chi connectivity index (χ2v) is 8.13. The number of aromatic nitrogens is 1. The molecule has 0 saturated heterocycles. The van der Waals surface area contributed by atoms with Gasteiger partial charge in [-0.15, -0.1) is 0 Å². The molecule has 1 N–H and O–H groups in total. The highest BCUT2D eigenvalue weighted by molar-refractivity contribution is 5.85. The third kappa shape index (κ3) is 3.78. The molecule has 0 aliphatic carbocycles. The zero-order valence-electron chi connectivity index (χ0n) is 18.5. The Kier molecular flexibility index (Phi) is 5.70. The maximum absolute atomic E-state index is 5.80. The molecule has 1 aliphatic rings. The van der Waals surface area contributed by atoms with Gasteiger partial charge in [0.05, 0.1) is 20.3 Å². The summed E-state index contributed by atoms with van der Waals surface area (Å²) in [7, 11) is 3.45. The van der Waals surface area contributed by atoms with Gasteiger partial charge in [0.25, 0.3) is 0 Å². The van der Waals surface area contributed by atoms with Crippen LogP contribution in [0.3, 0.4) is 0 Å². The lowest BCUT2D eigenvalue weighted by Gasteiger charge is -2.36. The van der Waals surface area contributed by atoms with E-state index in [1.165, 1.54) is 27.7 Å². The molecule has 5 rings (SSSR count). The van der Waals surface area contributed by atoms with Crippen molar-refractivity contribution in [3.05, 3.63) is 101 Å². The molecular formula is C28H28N2O2. The Morgan fingerprint density at radius 1 is 0.969 bits per heavy atom. The molecule has 2 heterocycles. The molecule has 4 aromatic rings. The molecule has 1 unspecified atom stereocenters. The van der Waals surface area contributed by atoms with E-state index in [4.69, 9.17) is 9.47 Å². The van der Waals surface area contributed by atoms with E-state index in [2.05, 4.69) is 76.6 Å². The molecule has 4 nitrogen and oxygen atoms in total. The average molecular weight is 425 g/mol. The summed E-state index contributed by atoms with van der Waals surface area (Å²) in [6.07, 6.45) is 5.46. The predicted octanol–water partition coefficient (Wildman–Crippen LogP) is 5.85. The molecule has 1 atom stereocenters. The van der Waals surface area contributed by atoms with Gasteiger partial charge in [-0.3, -0.25) is 4.90 Å². The molecule has 0 spiro atoms. The zero-order chi connectivity index (χ0) is 21.9. The van der Waals surface area contributed by atoms with Crippen LogP contribution in [0.4, 0.5) is 0 Å². The van der Waals surface area contributed by atoms with Gasteiger partial charge in [0.2, 0.25) is 0 Å². The first-order valence-electron chi connectivity index (χ1n) is 11.1. The van der Waals surface area contributed by atoms with Crippen LogP contribution in [0.2, 0.25) is 0 Å². The van der Waals surface area contributed by atoms with Crippen LogP contribution < -0.4 is 9.47 Å². The number of hydrogen-bond donors (Lipinski definition) is 1. The number of rotatable bonds is 6. The lowest BCUT2D eigenvalue weighted by atomic mass is 9.91. The van der Waals surface area contributed by atoms with Gasteiger partial charge >= 0.3 is 0 Å². The van der Waals surface area contributed by atoms with Gasteiger partial charge in [-0.1, -0.05) is 60.7 Å². The summed E-state index contributed by atoms with van der Waals surface area (Å²) in [6, 6.07) is 25.2. The number of hydrogen-bond acceptors (Lipinski definition) is 3. The van der Waals surface area contributed by atoms with Crippen molar-refractivity contribution in [2.24, 2.45) is 0 Å². The minimum absolute atomic E-state index is 0.0524. The van der Waals surface area contributed by atoms with Crippen LogP contribution in [0, 0.1) is 0 Å². The van der Waals surface area contributed by atoms with E-state index in [-0.39, 0.29) is 6.04 Å². The van der Waals surface area contributed by atoms with Gasteiger partial charge in [-0.05, 0) is 41.8 Å². The largest absolute Gasteiger partial charge is 0.497 e. The maximum atomic E-state index is 5.80. The van der Waals surface area contributed by atoms with Crippen LogP contribution in [-0.4, -0.2) is 37.2 Å². The molecule has 3 aromatic carbocycles. The lowest BCUT2D eigenvalue weighted by molar-refractivity contribution is 0.229. The van der Waals surface area contributed by atoms with Crippen molar-refractivity contribution >= 4 is 17.0 Å². The molecule has 0 saturated carbocycles. The molecule has 1 aliphatic heterocycles. The molecule has 0 fully saturated rings. The Labute approximate surface area is 189 Å². The highest BCUT2D eigenvalue weighted by atomic mass is 16.5. The minimum atomic E-state index is 0.0524. The van der Waals surface area contributed by atoms with Gasteiger partial charge in [0, 0.05) is 35.2 Å². The summed E-state index contributed by atoms with van der Waals surface area (Å²) < 4.78 is 11.4. The zero-order valence-corrected chi connectivity index (χ0v) is 18.5. The predicted molar refractivity (Wildman–Crippen MR) is 130 cm³/mol. The maximum Gasteiger partial charge on any atom is 0.124 e. The molecule has 162 valence electrons. The number of fused-ring (bicyclic) bond motifs is 3. The first kappa shape index (κ1) is 20.4. The van der Waals surface area contributed by atoms with Crippen molar-refractivity contribution in [2.45, 2.75) is 12.5 Å². The van der Waals surface area contributed by atoms with E-state index < -0.39 is 0 Å². The van der Waals surface area contributed by atoms with E-state index in [0.717, 1.165) is 36.6 Å². The van der Waals surface area contributed by atoms with E-state index in [0.29, 0.717) is 0 Å². The normalized spacial score (nSPS) is 16.4. The average Bonchev–Trinajstić information content (AvgIpc) is 3.23. The Balaban J connectivity index is 1.58. The van der Waals surface area contributed by atoms with Crippen molar-refractivity contribution in [3.63, 3.8) is 0 Å². The third-order valence-electron chi connectivity index (χ3n) is 6.32. The van der Waals surface area contributed by atoms with Gasteiger partial charge in [-0.2, -0.15) is 0 Å². The van der Waals surface area contributed by atoms with Gasteiger partial charge in [-0.25, -0.2) is 0 Å². The fourth-order valence-corrected chi connectivity index (χ4v) is 4.78. The standard InChI is InChI=1S/C28H28N2O2/c1-31-21-14-15-26(32-2)24(19-21)28-27-23(22-12-6-7-13-25(22)29-27)16-18-30(28)17-8-11-20-9-4-3-5-10-20/h3-15,19,28-29H,16-18H2,1-2H3/b11-8+. The Morgan fingerprint density at radius 3 is 2.59 bits per heavy atom. The van der Waals surface area contributed by atoms with E-state index in [1.54, 1.807) is 14.2 Å². The molecule has 0 amide bonds. The molecule has 1 aromatic heterocycles. The summed E-state index contributed by atoms with van der Waals surface area (Å²) in [6.45, 7) is 1.81. The smallest absolute Gasteiger partial charge is 0.124 e. The Morgan fingerprint density at radius 2 is 1.78 bits per heavy atom. The van der Waals surface area contributed by atoms with Gasteiger partial charge in [0.1, 0.15) is 11.5 Å².